The summed E-state index contributed by atoms with van der Waals surface area (Å²) in [6.07, 6.45) is 1.32. The summed E-state index contributed by atoms with van der Waals surface area (Å²) in [5.74, 6) is -0.163. The molecule has 1 fully saturated rings. The number of hydrogen-bond donors (Lipinski definition) is 1. The molecule has 0 aromatic carbocycles. The molecule has 21 heavy (non-hydrogen) atoms. The molecule has 0 saturated carbocycles. The maximum atomic E-state index is 11.8. The summed E-state index contributed by atoms with van der Waals surface area (Å²) in [4.78, 5) is 31.0. The molecule has 0 unspecified atom stereocenters. The summed E-state index contributed by atoms with van der Waals surface area (Å²) in [5.41, 5.74) is 0.424. The lowest BCUT2D eigenvalue weighted by Crippen LogP contribution is -2.50. The van der Waals surface area contributed by atoms with Crippen LogP contribution in [0.3, 0.4) is 0 Å². The topological polar surface area (TPSA) is 74.8 Å². The molecule has 0 spiro atoms. The Balaban J connectivity index is 1.66. The van der Waals surface area contributed by atoms with Gasteiger partial charge in [-0.2, -0.15) is 0 Å². The molecule has 0 bridgehead atoms. The van der Waals surface area contributed by atoms with Gasteiger partial charge in [-0.1, -0.05) is 6.07 Å². The van der Waals surface area contributed by atoms with E-state index in [1.54, 1.807) is 29.3 Å². The van der Waals surface area contributed by atoms with Gasteiger partial charge in [0, 0.05) is 45.5 Å². The number of hydrogen-bond acceptors (Lipinski definition) is 5. The third-order valence-electron chi connectivity index (χ3n) is 3.42. The molecule has 7 heteroatoms. The average molecular weight is 292 g/mol. The summed E-state index contributed by atoms with van der Waals surface area (Å²) >= 11 is 0. The van der Waals surface area contributed by atoms with Crippen LogP contribution in [0.5, 0.6) is 0 Å². The lowest BCUT2D eigenvalue weighted by atomic mass is 10.3. The molecule has 0 radical (unpaired) electrons. The third-order valence-corrected chi connectivity index (χ3v) is 3.42. The van der Waals surface area contributed by atoms with Crippen molar-refractivity contribution in [3.63, 3.8) is 0 Å². The quantitative estimate of drug-likeness (QED) is 0.858. The standard InChI is InChI=1S/C14H20N4O3/c1-21-14(20)18-10-8-17(9-11-18)7-6-16-13(19)12-4-2-3-5-15-12/h2-5H,6-11H2,1H3,(H,16,19). The van der Waals surface area contributed by atoms with Gasteiger partial charge in [-0.3, -0.25) is 14.7 Å². The fraction of sp³-hybridized carbons (Fsp3) is 0.500. The van der Waals surface area contributed by atoms with Gasteiger partial charge in [0.15, 0.2) is 0 Å². The molecular weight excluding hydrogens is 272 g/mol. The molecule has 1 saturated heterocycles. The highest BCUT2D eigenvalue weighted by Gasteiger charge is 2.21. The summed E-state index contributed by atoms with van der Waals surface area (Å²) in [5, 5.41) is 2.84. The van der Waals surface area contributed by atoms with Crippen LogP contribution in [0, 0.1) is 0 Å². The minimum absolute atomic E-state index is 0.163. The monoisotopic (exact) mass is 292 g/mol. The molecule has 1 aliphatic heterocycles. The first-order valence-electron chi connectivity index (χ1n) is 6.95. The number of nitrogens with one attached hydrogen (secondary N) is 1. The van der Waals surface area contributed by atoms with E-state index >= 15 is 0 Å². The number of rotatable bonds is 4. The number of pyridine rings is 1. The third kappa shape index (κ3) is 4.42. The van der Waals surface area contributed by atoms with Crippen molar-refractivity contribution in [2.45, 2.75) is 0 Å². The van der Waals surface area contributed by atoms with Crippen LogP contribution >= 0.6 is 0 Å². The number of carbonyl (C=O) groups is 2. The van der Waals surface area contributed by atoms with E-state index in [1.807, 2.05) is 0 Å². The fourth-order valence-corrected chi connectivity index (χ4v) is 2.20. The van der Waals surface area contributed by atoms with Crippen molar-refractivity contribution in [1.82, 2.24) is 20.1 Å². The molecule has 0 aliphatic carbocycles. The highest BCUT2D eigenvalue weighted by atomic mass is 16.5. The first-order valence-corrected chi connectivity index (χ1v) is 6.95. The predicted molar refractivity (Wildman–Crippen MR) is 77.0 cm³/mol. The second-order valence-corrected chi connectivity index (χ2v) is 4.77. The molecule has 2 amide bonds. The van der Waals surface area contributed by atoms with Gasteiger partial charge in [0.2, 0.25) is 0 Å². The van der Waals surface area contributed by atoms with Gasteiger partial charge < -0.3 is 15.0 Å². The molecule has 114 valence electrons. The SMILES string of the molecule is COC(=O)N1CCN(CCNC(=O)c2ccccn2)CC1. The first-order chi connectivity index (χ1) is 10.2. The Hall–Kier alpha value is -2.15. The van der Waals surface area contributed by atoms with E-state index in [4.69, 9.17) is 4.74 Å². The van der Waals surface area contributed by atoms with Crippen molar-refractivity contribution >= 4 is 12.0 Å². The van der Waals surface area contributed by atoms with E-state index in [9.17, 15) is 9.59 Å². The summed E-state index contributed by atoms with van der Waals surface area (Å²) in [7, 11) is 1.39. The Labute approximate surface area is 123 Å². The van der Waals surface area contributed by atoms with Crippen LogP contribution in [-0.4, -0.2) is 73.2 Å². The number of nitrogens with zero attached hydrogens (tertiary/aromatic N) is 3. The molecule has 0 atom stereocenters. The fourth-order valence-electron chi connectivity index (χ4n) is 2.20. The van der Waals surface area contributed by atoms with Crippen LogP contribution in [0.25, 0.3) is 0 Å². The van der Waals surface area contributed by atoms with Crippen LogP contribution in [0.1, 0.15) is 10.5 Å². The second-order valence-electron chi connectivity index (χ2n) is 4.77. The van der Waals surface area contributed by atoms with Crippen molar-refractivity contribution in [2.24, 2.45) is 0 Å². The van der Waals surface area contributed by atoms with E-state index in [-0.39, 0.29) is 12.0 Å². The lowest BCUT2D eigenvalue weighted by Gasteiger charge is -2.33. The van der Waals surface area contributed by atoms with Gasteiger partial charge in [0.25, 0.3) is 5.91 Å². The number of aromatic nitrogens is 1. The maximum Gasteiger partial charge on any atom is 0.409 e. The zero-order valence-electron chi connectivity index (χ0n) is 12.1. The number of ether oxygens (including phenoxy) is 1. The second kappa shape index (κ2) is 7.58. The highest BCUT2D eigenvalue weighted by molar-refractivity contribution is 5.92. The zero-order valence-corrected chi connectivity index (χ0v) is 12.1. The smallest absolute Gasteiger partial charge is 0.409 e. The minimum Gasteiger partial charge on any atom is -0.453 e. The van der Waals surface area contributed by atoms with Gasteiger partial charge >= 0.3 is 6.09 Å². The van der Waals surface area contributed by atoms with Gasteiger partial charge in [0.05, 0.1) is 7.11 Å². The van der Waals surface area contributed by atoms with E-state index < -0.39 is 0 Å². The van der Waals surface area contributed by atoms with Gasteiger partial charge in [-0.25, -0.2) is 4.79 Å². The predicted octanol–water partition coefficient (Wildman–Crippen LogP) is 0.195. The average Bonchev–Trinajstić information content (AvgIpc) is 2.55. The molecule has 1 N–H and O–H groups in total. The van der Waals surface area contributed by atoms with Crippen LogP contribution in [-0.2, 0) is 4.74 Å². The Bertz CT molecular complexity index is 472. The molecule has 1 aromatic heterocycles. The molecular formula is C14H20N4O3. The zero-order chi connectivity index (χ0) is 15.1. The van der Waals surface area contributed by atoms with Crippen molar-refractivity contribution in [3.8, 4) is 0 Å². The molecule has 1 aromatic rings. The largest absolute Gasteiger partial charge is 0.453 e. The summed E-state index contributed by atoms with van der Waals surface area (Å²) < 4.78 is 4.69. The number of carbonyl (C=O) groups excluding carboxylic acids is 2. The lowest BCUT2D eigenvalue weighted by molar-refractivity contribution is 0.0883. The Morgan fingerprint density at radius 1 is 1.29 bits per heavy atom. The van der Waals surface area contributed by atoms with Gasteiger partial charge in [-0.05, 0) is 12.1 Å². The minimum atomic E-state index is -0.280. The van der Waals surface area contributed by atoms with Crippen molar-refractivity contribution < 1.29 is 14.3 Å². The van der Waals surface area contributed by atoms with E-state index in [0.29, 0.717) is 25.3 Å². The summed E-state index contributed by atoms with van der Waals surface area (Å²) in [6, 6.07) is 5.25. The number of piperazine rings is 1. The maximum absolute atomic E-state index is 11.8. The normalized spacial score (nSPS) is 15.6. The van der Waals surface area contributed by atoms with Gasteiger partial charge in [-0.15, -0.1) is 0 Å². The number of amides is 2. The first kappa shape index (κ1) is 15.2. The van der Waals surface area contributed by atoms with E-state index in [1.165, 1.54) is 7.11 Å². The van der Waals surface area contributed by atoms with Crippen molar-refractivity contribution in [1.29, 1.82) is 0 Å². The van der Waals surface area contributed by atoms with Crippen LogP contribution in [0.4, 0.5) is 4.79 Å². The Morgan fingerprint density at radius 3 is 2.67 bits per heavy atom. The Morgan fingerprint density at radius 2 is 2.05 bits per heavy atom. The van der Waals surface area contributed by atoms with E-state index in [0.717, 1.165) is 19.6 Å². The molecule has 2 rings (SSSR count). The highest BCUT2D eigenvalue weighted by Crippen LogP contribution is 2.02. The number of methoxy groups -OCH3 is 1. The molecule has 7 nitrogen and oxygen atoms in total. The van der Waals surface area contributed by atoms with Gasteiger partial charge in [0.1, 0.15) is 5.69 Å². The van der Waals surface area contributed by atoms with Crippen LogP contribution in [0.15, 0.2) is 24.4 Å². The Kier molecular flexibility index (Phi) is 5.51. The summed E-state index contributed by atoms with van der Waals surface area (Å²) in [6.45, 7) is 4.20. The van der Waals surface area contributed by atoms with Crippen LogP contribution in [0.2, 0.25) is 0 Å². The molecule has 1 aliphatic rings. The molecule has 2 heterocycles. The van der Waals surface area contributed by atoms with Crippen molar-refractivity contribution in [2.75, 3.05) is 46.4 Å². The van der Waals surface area contributed by atoms with Crippen LogP contribution < -0.4 is 5.32 Å². The van der Waals surface area contributed by atoms with E-state index in [2.05, 4.69) is 15.2 Å². The van der Waals surface area contributed by atoms with Crippen molar-refractivity contribution in [3.05, 3.63) is 30.1 Å².